The van der Waals surface area contributed by atoms with E-state index in [1.807, 2.05) is 24.3 Å². The molecule has 3 rings (SSSR count). The van der Waals surface area contributed by atoms with Gasteiger partial charge < -0.3 is 14.7 Å². The van der Waals surface area contributed by atoms with Crippen LogP contribution in [0.15, 0.2) is 28.8 Å². The molecule has 0 aliphatic heterocycles. The molecular weight excluding hydrogens is 290 g/mol. The number of aromatic nitrogens is 1. The molecule has 0 spiro atoms. The Bertz CT molecular complexity index is 647. The second kappa shape index (κ2) is 7.59. The summed E-state index contributed by atoms with van der Waals surface area (Å²) < 4.78 is 5.23. The minimum absolute atomic E-state index is 0.00102. The Balaban J connectivity index is 1.44. The fraction of sp³-hybridized carbons (Fsp3) is 0.556. The van der Waals surface area contributed by atoms with Crippen LogP contribution in [0.3, 0.4) is 0 Å². The normalized spacial score (nSPS) is 16.1. The smallest absolute Gasteiger partial charge is 0.226 e. The third kappa shape index (κ3) is 4.10. The van der Waals surface area contributed by atoms with E-state index in [1.165, 1.54) is 32.1 Å². The van der Waals surface area contributed by atoms with Gasteiger partial charge in [0, 0.05) is 24.5 Å². The van der Waals surface area contributed by atoms with Gasteiger partial charge in [-0.2, -0.15) is 0 Å². The van der Waals surface area contributed by atoms with Gasteiger partial charge >= 0.3 is 0 Å². The highest BCUT2D eigenvalue weighted by Gasteiger charge is 2.18. The van der Waals surface area contributed by atoms with Gasteiger partial charge in [-0.05, 0) is 32.0 Å². The zero-order chi connectivity index (χ0) is 16.1. The summed E-state index contributed by atoms with van der Waals surface area (Å²) in [6.45, 7) is 1.58. The van der Waals surface area contributed by atoms with Crippen LogP contribution in [0.25, 0.3) is 11.0 Å². The number of fused-ring (bicyclic) bond motifs is 1. The first-order valence-electron chi connectivity index (χ1n) is 8.54. The molecule has 0 bridgehead atoms. The number of amides is 1. The zero-order valence-corrected chi connectivity index (χ0v) is 13.8. The number of hydrogen-bond donors (Lipinski definition) is 1. The Morgan fingerprint density at radius 3 is 2.91 bits per heavy atom. The second-order valence-corrected chi connectivity index (χ2v) is 6.42. The van der Waals surface area contributed by atoms with E-state index in [1.54, 1.807) is 0 Å². The lowest BCUT2D eigenvalue weighted by Gasteiger charge is -2.31. The van der Waals surface area contributed by atoms with E-state index >= 15 is 0 Å². The first-order chi connectivity index (χ1) is 11.2. The monoisotopic (exact) mass is 315 g/mol. The molecular formula is C18H25N3O2. The molecule has 1 aromatic carbocycles. The highest BCUT2D eigenvalue weighted by molar-refractivity contribution is 5.86. The van der Waals surface area contributed by atoms with Gasteiger partial charge in [-0.3, -0.25) is 4.79 Å². The largest absolute Gasteiger partial charge is 0.356 e. The third-order valence-corrected chi connectivity index (χ3v) is 4.76. The van der Waals surface area contributed by atoms with Gasteiger partial charge in [0.2, 0.25) is 5.91 Å². The SMILES string of the molecule is CN(CCNC(=O)Cc1noc2ccccc12)C1CCCCC1. The van der Waals surface area contributed by atoms with Gasteiger partial charge in [0.15, 0.2) is 5.58 Å². The molecule has 5 nitrogen and oxygen atoms in total. The van der Waals surface area contributed by atoms with Crippen molar-refractivity contribution in [3.05, 3.63) is 30.0 Å². The van der Waals surface area contributed by atoms with Crippen molar-refractivity contribution < 1.29 is 9.32 Å². The summed E-state index contributed by atoms with van der Waals surface area (Å²) in [5, 5.41) is 7.92. The van der Waals surface area contributed by atoms with Crippen LogP contribution in [0.2, 0.25) is 0 Å². The Labute approximate surface area is 137 Å². The van der Waals surface area contributed by atoms with E-state index in [4.69, 9.17) is 4.52 Å². The number of benzene rings is 1. The number of nitrogens with one attached hydrogen (secondary N) is 1. The minimum atomic E-state index is 0.00102. The fourth-order valence-corrected chi connectivity index (χ4v) is 3.36. The molecule has 0 saturated heterocycles. The predicted molar refractivity (Wildman–Crippen MR) is 90.2 cm³/mol. The quantitative estimate of drug-likeness (QED) is 0.890. The van der Waals surface area contributed by atoms with Crippen molar-refractivity contribution >= 4 is 16.9 Å². The van der Waals surface area contributed by atoms with Gasteiger partial charge in [-0.25, -0.2) is 0 Å². The summed E-state index contributed by atoms with van der Waals surface area (Å²) in [5.41, 5.74) is 1.44. The lowest BCUT2D eigenvalue weighted by Crippen LogP contribution is -2.39. The average molecular weight is 315 g/mol. The molecule has 0 radical (unpaired) electrons. The maximum atomic E-state index is 12.1. The maximum absolute atomic E-state index is 12.1. The van der Waals surface area contributed by atoms with Gasteiger partial charge in [0.1, 0.15) is 5.69 Å². The Hall–Kier alpha value is -1.88. The van der Waals surface area contributed by atoms with Gasteiger partial charge in [0.25, 0.3) is 0 Å². The molecule has 1 heterocycles. The van der Waals surface area contributed by atoms with Crippen molar-refractivity contribution in [3.63, 3.8) is 0 Å². The zero-order valence-electron chi connectivity index (χ0n) is 13.8. The number of rotatable bonds is 6. The summed E-state index contributed by atoms with van der Waals surface area (Å²) >= 11 is 0. The van der Waals surface area contributed by atoms with Crippen molar-refractivity contribution in [1.29, 1.82) is 0 Å². The third-order valence-electron chi connectivity index (χ3n) is 4.76. The van der Waals surface area contributed by atoms with E-state index < -0.39 is 0 Å². The molecule has 1 aromatic heterocycles. The lowest BCUT2D eigenvalue weighted by molar-refractivity contribution is -0.120. The average Bonchev–Trinajstić information content (AvgIpc) is 2.99. The van der Waals surface area contributed by atoms with Crippen LogP contribution in [0.5, 0.6) is 0 Å². The standard InChI is InChI=1S/C18H25N3O2/c1-21(14-7-3-2-4-8-14)12-11-19-18(22)13-16-15-9-5-6-10-17(15)23-20-16/h5-6,9-10,14H,2-4,7-8,11-13H2,1H3,(H,19,22). The molecule has 0 unspecified atom stereocenters. The maximum Gasteiger partial charge on any atom is 0.226 e. The van der Waals surface area contributed by atoms with Crippen molar-refractivity contribution in [2.45, 2.75) is 44.6 Å². The molecule has 1 amide bonds. The van der Waals surface area contributed by atoms with Crippen LogP contribution in [0.4, 0.5) is 0 Å². The molecule has 23 heavy (non-hydrogen) atoms. The Morgan fingerprint density at radius 1 is 1.30 bits per heavy atom. The molecule has 1 N–H and O–H groups in total. The van der Waals surface area contributed by atoms with Crippen molar-refractivity contribution in [1.82, 2.24) is 15.4 Å². The number of nitrogens with zero attached hydrogens (tertiary/aromatic N) is 2. The van der Waals surface area contributed by atoms with Crippen LogP contribution in [0, 0.1) is 0 Å². The van der Waals surface area contributed by atoms with E-state index in [-0.39, 0.29) is 12.3 Å². The van der Waals surface area contributed by atoms with Crippen LogP contribution in [-0.4, -0.2) is 42.1 Å². The van der Waals surface area contributed by atoms with Crippen molar-refractivity contribution in [3.8, 4) is 0 Å². The number of likely N-dealkylation sites (N-methyl/N-ethyl adjacent to an activating group) is 1. The molecule has 1 saturated carbocycles. The first kappa shape index (κ1) is 16.0. The van der Waals surface area contributed by atoms with Crippen LogP contribution in [0.1, 0.15) is 37.8 Å². The molecule has 1 aliphatic rings. The number of carbonyl (C=O) groups excluding carboxylic acids is 1. The fourth-order valence-electron chi connectivity index (χ4n) is 3.36. The van der Waals surface area contributed by atoms with E-state index in [0.29, 0.717) is 18.3 Å². The minimum Gasteiger partial charge on any atom is -0.356 e. The highest BCUT2D eigenvalue weighted by Crippen LogP contribution is 2.21. The molecule has 0 atom stereocenters. The molecule has 2 aromatic rings. The van der Waals surface area contributed by atoms with E-state index in [9.17, 15) is 4.79 Å². The van der Waals surface area contributed by atoms with Gasteiger partial charge in [-0.1, -0.05) is 36.6 Å². The topological polar surface area (TPSA) is 58.4 Å². The summed E-state index contributed by atoms with van der Waals surface area (Å²) in [7, 11) is 2.16. The van der Waals surface area contributed by atoms with Crippen molar-refractivity contribution in [2.75, 3.05) is 20.1 Å². The summed E-state index contributed by atoms with van der Waals surface area (Å²) in [4.78, 5) is 14.5. The van der Waals surface area contributed by atoms with Crippen molar-refractivity contribution in [2.24, 2.45) is 0 Å². The Morgan fingerprint density at radius 2 is 2.09 bits per heavy atom. The lowest BCUT2D eigenvalue weighted by atomic mass is 9.94. The number of para-hydroxylation sites is 1. The molecule has 1 fully saturated rings. The predicted octanol–water partition coefficient (Wildman–Crippen LogP) is 2.75. The molecule has 5 heteroatoms. The van der Waals surface area contributed by atoms with Crippen LogP contribution in [-0.2, 0) is 11.2 Å². The highest BCUT2D eigenvalue weighted by atomic mass is 16.5. The number of hydrogen-bond acceptors (Lipinski definition) is 4. The van der Waals surface area contributed by atoms with Gasteiger partial charge in [0.05, 0.1) is 6.42 Å². The second-order valence-electron chi connectivity index (χ2n) is 6.42. The van der Waals surface area contributed by atoms with E-state index in [2.05, 4.69) is 22.4 Å². The first-order valence-corrected chi connectivity index (χ1v) is 8.54. The van der Waals surface area contributed by atoms with E-state index in [0.717, 1.165) is 17.5 Å². The summed E-state index contributed by atoms with van der Waals surface area (Å²) in [6.07, 6.45) is 6.88. The van der Waals surface area contributed by atoms with Crippen LogP contribution < -0.4 is 5.32 Å². The number of carbonyl (C=O) groups is 1. The summed E-state index contributed by atoms with van der Waals surface area (Å²) in [6, 6.07) is 8.31. The summed E-state index contributed by atoms with van der Waals surface area (Å²) in [5.74, 6) is 0.00102. The molecule has 1 aliphatic carbocycles. The van der Waals surface area contributed by atoms with Crippen LogP contribution >= 0.6 is 0 Å². The Kier molecular flexibility index (Phi) is 5.28. The van der Waals surface area contributed by atoms with Gasteiger partial charge in [-0.15, -0.1) is 0 Å². The molecule has 124 valence electrons.